The first-order chi connectivity index (χ1) is 7.07. The first-order valence-electron chi connectivity index (χ1n) is 5.05. The van der Waals surface area contributed by atoms with Crippen LogP contribution >= 0.6 is 0 Å². The summed E-state index contributed by atoms with van der Waals surface area (Å²) < 4.78 is 0. The lowest BCUT2D eigenvalue weighted by Gasteiger charge is -2.13. The van der Waals surface area contributed by atoms with Crippen LogP contribution in [-0.4, -0.2) is 15.0 Å². The van der Waals surface area contributed by atoms with Crippen molar-refractivity contribution in [1.82, 2.24) is 15.0 Å². The fourth-order valence-electron chi connectivity index (χ4n) is 1.29. The van der Waals surface area contributed by atoms with E-state index < -0.39 is 0 Å². The highest BCUT2D eigenvalue weighted by molar-refractivity contribution is 5.28. The van der Waals surface area contributed by atoms with E-state index in [9.17, 15) is 0 Å². The number of para-hydroxylation sites is 1. The quantitative estimate of drug-likeness (QED) is 0.710. The summed E-state index contributed by atoms with van der Waals surface area (Å²) in [4.78, 5) is 1.67. The molecule has 0 atom stereocenters. The molecular weight excluding hydrogens is 186 g/mol. The molecule has 0 bridgehead atoms. The molecule has 15 heavy (non-hydrogen) atoms. The molecule has 3 heteroatoms. The summed E-state index contributed by atoms with van der Waals surface area (Å²) in [6.07, 6.45) is 1.83. The number of benzene rings is 1. The molecule has 1 heterocycles. The minimum Gasteiger partial charge on any atom is -0.157 e. The summed E-state index contributed by atoms with van der Waals surface area (Å²) in [6.45, 7) is 6.39. The number of hydrogen-bond donors (Lipinski definition) is 0. The van der Waals surface area contributed by atoms with Gasteiger partial charge in [0.25, 0.3) is 0 Å². The van der Waals surface area contributed by atoms with Gasteiger partial charge in [0, 0.05) is 5.41 Å². The molecule has 0 radical (unpaired) electrons. The van der Waals surface area contributed by atoms with E-state index in [1.54, 1.807) is 4.80 Å². The van der Waals surface area contributed by atoms with Gasteiger partial charge in [-0.2, -0.15) is 15.0 Å². The van der Waals surface area contributed by atoms with E-state index in [2.05, 4.69) is 31.0 Å². The van der Waals surface area contributed by atoms with Crippen LogP contribution in [0, 0.1) is 0 Å². The Balaban J connectivity index is 2.37. The van der Waals surface area contributed by atoms with Gasteiger partial charge >= 0.3 is 0 Å². The topological polar surface area (TPSA) is 30.7 Å². The lowest BCUT2D eigenvalue weighted by atomic mass is 9.93. The third-order valence-corrected chi connectivity index (χ3v) is 2.25. The lowest BCUT2D eigenvalue weighted by Crippen LogP contribution is -2.12. The Hall–Kier alpha value is -1.64. The fraction of sp³-hybridized carbons (Fsp3) is 0.333. The second-order valence-corrected chi connectivity index (χ2v) is 4.60. The Morgan fingerprint density at radius 2 is 1.73 bits per heavy atom. The molecule has 78 valence electrons. The molecule has 0 saturated heterocycles. The highest BCUT2D eigenvalue weighted by atomic mass is 15.5. The number of aromatic nitrogens is 3. The van der Waals surface area contributed by atoms with Crippen molar-refractivity contribution in [2.45, 2.75) is 26.2 Å². The first-order valence-corrected chi connectivity index (χ1v) is 5.05. The van der Waals surface area contributed by atoms with E-state index in [1.807, 2.05) is 36.5 Å². The maximum Gasteiger partial charge on any atom is 0.0885 e. The van der Waals surface area contributed by atoms with Crippen molar-refractivity contribution in [2.24, 2.45) is 0 Å². The molecule has 1 aromatic carbocycles. The lowest BCUT2D eigenvalue weighted by molar-refractivity contribution is 0.558. The Labute approximate surface area is 89.7 Å². The summed E-state index contributed by atoms with van der Waals surface area (Å²) >= 11 is 0. The summed E-state index contributed by atoms with van der Waals surface area (Å²) in [5, 5.41) is 8.72. The zero-order valence-corrected chi connectivity index (χ0v) is 9.31. The molecule has 0 aliphatic carbocycles. The Morgan fingerprint density at radius 1 is 1.07 bits per heavy atom. The van der Waals surface area contributed by atoms with Gasteiger partial charge in [0.2, 0.25) is 0 Å². The van der Waals surface area contributed by atoms with E-state index >= 15 is 0 Å². The molecule has 2 rings (SSSR count). The van der Waals surface area contributed by atoms with Crippen LogP contribution in [0.4, 0.5) is 0 Å². The van der Waals surface area contributed by atoms with Crippen LogP contribution in [0.2, 0.25) is 0 Å². The second kappa shape index (κ2) is 3.50. The molecular formula is C12H15N3. The smallest absolute Gasteiger partial charge is 0.0885 e. The van der Waals surface area contributed by atoms with E-state index in [0.717, 1.165) is 11.4 Å². The molecule has 1 aromatic heterocycles. The first kappa shape index (κ1) is 9.90. The molecule has 3 nitrogen and oxygen atoms in total. The minimum atomic E-state index is 0.0486. The van der Waals surface area contributed by atoms with Crippen LogP contribution < -0.4 is 0 Å². The van der Waals surface area contributed by atoms with Crippen molar-refractivity contribution < 1.29 is 0 Å². The fourth-order valence-corrected chi connectivity index (χ4v) is 1.29. The minimum absolute atomic E-state index is 0.0486. The van der Waals surface area contributed by atoms with E-state index in [4.69, 9.17) is 0 Å². The average Bonchev–Trinajstić information content (AvgIpc) is 2.67. The molecule has 2 aromatic rings. The molecule has 0 amide bonds. The van der Waals surface area contributed by atoms with Gasteiger partial charge in [-0.15, -0.1) is 0 Å². The van der Waals surface area contributed by atoms with Crippen LogP contribution in [0.3, 0.4) is 0 Å². The number of hydrogen-bond acceptors (Lipinski definition) is 2. The van der Waals surface area contributed by atoms with Gasteiger partial charge in [0.1, 0.15) is 0 Å². The standard InChI is InChI=1S/C12H15N3/c1-12(2,3)11-9-13-15(14-11)10-7-5-4-6-8-10/h4-9H,1-3H3. The highest BCUT2D eigenvalue weighted by Gasteiger charge is 2.17. The monoisotopic (exact) mass is 201 g/mol. The van der Waals surface area contributed by atoms with Crippen molar-refractivity contribution in [2.75, 3.05) is 0 Å². The maximum absolute atomic E-state index is 4.46. The van der Waals surface area contributed by atoms with Gasteiger partial charge in [-0.05, 0) is 12.1 Å². The largest absolute Gasteiger partial charge is 0.157 e. The van der Waals surface area contributed by atoms with Gasteiger partial charge in [-0.3, -0.25) is 0 Å². The molecule has 0 aliphatic heterocycles. The van der Waals surface area contributed by atoms with Crippen LogP contribution in [0.25, 0.3) is 5.69 Å². The van der Waals surface area contributed by atoms with Crippen LogP contribution in [0.5, 0.6) is 0 Å². The van der Waals surface area contributed by atoms with Gasteiger partial charge < -0.3 is 0 Å². The van der Waals surface area contributed by atoms with Gasteiger partial charge in [-0.1, -0.05) is 39.0 Å². The average molecular weight is 201 g/mol. The predicted molar refractivity (Wildman–Crippen MR) is 60.1 cm³/mol. The van der Waals surface area contributed by atoms with Gasteiger partial charge in [0.05, 0.1) is 17.6 Å². The summed E-state index contributed by atoms with van der Waals surface area (Å²) in [6, 6.07) is 9.93. The second-order valence-electron chi connectivity index (χ2n) is 4.60. The highest BCUT2D eigenvalue weighted by Crippen LogP contribution is 2.19. The van der Waals surface area contributed by atoms with Gasteiger partial charge in [0.15, 0.2) is 0 Å². The molecule has 0 saturated carbocycles. The molecule has 0 aliphatic rings. The molecule has 0 spiro atoms. The SMILES string of the molecule is CC(C)(C)c1cnn(-c2ccccc2)n1. The van der Waals surface area contributed by atoms with E-state index in [0.29, 0.717) is 0 Å². The van der Waals surface area contributed by atoms with Crippen LogP contribution in [0.1, 0.15) is 26.5 Å². The third-order valence-electron chi connectivity index (χ3n) is 2.25. The molecule has 0 N–H and O–H groups in total. The maximum atomic E-state index is 4.46. The zero-order valence-electron chi connectivity index (χ0n) is 9.31. The van der Waals surface area contributed by atoms with E-state index in [-0.39, 0.29) is 5.41 Å². The summed E-state index contributed by atoms with van der Waals surface area (Å²) in [5.74, 6) is 0. The molecule has 0 fully saturated rings. The summed E-state index contributed by atoms with van der Waals surface area (Å²) in [5.41, 5.74) is 2.05. The number of rotatable bonds is 1. The van der Waals surface area contributed by atoms with Crippen molar-refractivity contribution in [3.63, 3.8) is 0 Å². The normalized spacial score (nSPS) is 11.7. The van der Waals surface area contributed by atoms with Gasteiger partial charge in [-0.25, -0.2) is 0 Å². The Kier molecular flexibility index (Phi) is 2.31. The predicted octanol–water partition coefficient (Wildman–Crippen LogP) is 2.56. The van der Waals surface area contributed by atoms with Crippen molar-refractivity contribution in [3.8, 4) is 5.69 Å². The Bertz CT molecular complexity index is 437. The Morgan fingerprint density at radius 3 is 2.27 bits per heavy atom. The number of nitrogens with zero attached hydrogens (tertiary/aromatic N) is 3. The van der Waals surface area contributed by atoms with Crippen LogP contribution in [-0.2, 0) is 5.41 Å². The van der Waals surface area contributed by atoms with Crippen molar-refractivity contribution in [1.29, 1.82) is 0 Å². The van der Waals surface area contributed by atoms with Crippen LogP contribution in [0.15, 0.2) is 36.5 Å². The van der Waals surface area contributed by atoms with E-state index in [1.165, 1.54) is 0 Å². The molecule has 0 unspecified atom stereocenters. The van der Waals surface area contributed by atoms with Crippen molar-refractivity contribution in [3.05, 3.63) is 42.2 Å². The zero-order chi connectivity index (χ0) is 10.9. The summed E-state index contributed by atoms with van der Waals surface area (Å²) in [7, 11) is 0. The third kappa shape index (κ3) is 2.06. The van der Waals surface area contributed by atoms with Crippen molar-refractivity contribution >= 4 is 0 Å².